The lowest BCUT2D eigenvalue weighted by Gasteiger charge is -2.12. The van der Waals surface area contributed by atoms with Crippen molar-refractivity contribution in [3.05, 3.63) is 101 Å². The van der Waals surface area contributed by atoms with Crippen LogP contribution in [0.3, 0.4) is 0 Å². The van der Waals surface area contributed by atoms with Gasteiger partial charge in [0.1, 0.15) is 0 Å². The zero-order valence-electron chi connectivity index (χ0n) is 16.0. The number of nitrogens with zero attached hydrogens (tertiary/aromatic N) is 1. The standard InChI is InChI=1S/C25H17BrF3N/c1-16-13-24(18-11-9-17(10-12-18)21-7-2-3-8-23(21)26)30-15-22(16)19-5-4-6-20(14-19)25(27,28)29/h2-15H,1H3. The van der Waals surface area contributed by atoms with Gasteiger partial charge in [0.25, 0.3) is 0 Å². The van der Waals surface area contributed by atoms with Crippen LogP contribution in [-0.2, 0) is 6.18 Å². The molecule has 0 amide bonds. The molecule has 1 heterocycles. The maximum absolute atomic E-state index is 13.0. The first kappa shape index (κ1) is 20.4. The summed E-state index contributed by atoms with van der Waals surface area (Å²) in [4.78, 5) is 4.51. The molecule has 0 atom stereocenters. The minimum Gasteiger partial charge on any atom is -0.256 e. The van der Waals surface area contributed by atoms with Gasteiger partial charge in [-0.15, -0.1) is 0 Å². The lowest BCUT2D eigenvalue weighted by atomic mass is 9.98. The average molecular weight is 468 g/mol. The van der Waals surface area contributed by atoms with Crippen LogP contribution in [0.15, 0.2) is 89.5 Å². The Labute approximate surface area is 181 Å². The second kappa shape index (κ2) is 8.07. The summed E-state index contributed by atoms with van der Waals surface area (Å²) in [7, 11) is 0. The molecule has 0 saturated carbocycles. The fourth-order valence-electron chi connectivity index (χ4n) is 3.40. The monoisotopic (exact) mass is 467 g/mol. The molecule has 0 radical (unpaired) electrons. The molecule has 0 spiro atoms. The summed E-state index contributed by atoms with van der Waals surface area (Å²) in [5.74, 6) is 0. The van der Waals surface area contributed by atoms with Crippen molar-refractivity contribution in [2.24, 2.45) is 0 Å². The lowest BCUT2D eigenvalue weighted by Crippen LogP contribution is -2.04. The van der Waals surface area contributed by atoms with E-state index in [2.05, 4.69) is 20.9 Å². The fourth-order valence-corrected chi connectivity index (χ4v) is 3.91. The van der Waals surface area contributed by atoms with E-state index in [1.807, 2.05) is 61.5 Å². The highest BCUT2D eigenvalue weighted by Gasteiger charge is 2.30. The van der Waals surface area contributed by atoms with Crippen LogP contribution < -0.4 is 0 Å². The van der Waals surface area contributed by atoms with E-state index < -0.39 is 11.7 Å². The summed E-state index contributed by atoms with van der Waals surface area (Å²) in [6.45, 7) is 1.89. The zero-order valence-corrected chi connectivity index (χ0v) is 17.6. The average Bonchev–Trinajstić information content (AvgIpc) is 2.74. The van der Waals surface area contributed by atoms with E-state index in [9.17, 15) is 13.2 Å². The van der Waals surface area contributed by atoms with Gasteiger partial charge in [-0.05, 0) is 53.4 Å². The molecule has 30 heavy (non-hydrogen) atoms. The Balaban J connectivity index is 1.65. The maximum Gasteiger partial charge on any atom is 0.416 e. The van der Waals surface area contributed by atoms with E-state index in [0.29, 0.717) is 11.1 Å². The van der Waals surface area contributed by atoms with Crippen molar-refractivity contribution in [3.63, 3.8) is 0 Å². The normalized spacial score (nSPS) is 11.5. The Kier molecular flexibility index (Phi) is 5.48. The molecule has 0 unspecified atom stereocenters. The van der Waals surface area contributed by atoms with Gasteiger partial charge in [-0.1, -0.05) is 70.5 Å². The molecule has 0 aliphatic carbocycles. The summed E-state index contributed by atoms with van der Waals surface area (Å²) >= 11 is 3.57. The third kappa shape index (κ3) is 4.17. The zero-order chi connectivity index (χ0) is 21.3. The van der Waals surface area contributed by atoms with Crippen LogP contribution >= 0.6 is 15.9 Å². The quantitative estimate of drug-likeness (QED) is 0.296. The van der Waals surface area contributed by atoms with Crippen molar-refractivity contribution < 1.29 is 13.2 Å². The Morgan fingerprint density at radius 2 is 1.43 bits per heavy atom. The van der Waals surface area contributed by atoms with Crippen LogP contribution in [-0.4, -0.2) is 4.98 Å². The molecule has 1 nitrogen and oxygen atoms in total. The van der Waals surface area contributed by atoms with E-state index in [4.69, 9.17) is 0 Å². The van der Waals surface area contributed by atoms with Gasteiger partial charge in [0.2, 0.25) is 0 Å². The number of pyridine rings is 1. The molecule has 4 rings (SSSR count). The van der Waals surface area contributed by atoms with Gasteiger partial charge in [-0.2, -0.15) is 13.2 Å². The molecular weight excluding hydrogens is 451 g/mol. The van der Waals surface area contributed by atoms with E-state index in [-0.39, 0.29) is 0 Å². The van der Waals surface area contributed by atoms with Crippen molar-refractivity contribution in [1.82, 2.24) is 4.98 Å². The van der Waals surface area contributed by atoms with Crippen LogP contribution in [0.25, 0.3) is 33.5 Å². The first-order valence-corrected chi connectivity index (χ1v) is 10.1. The molecule has 0 N–H and O–H groups in total. The van der Waals surface area contributed by atoms with Crippen molar-refractivity contribution in [2.75, 3.05) is 0 Å². The number of aryl methyl sites for hydroxylation is 1. The lowest BCUT2D eigenvalue weighted by molar-refractivity contribution is -0.137. The minimum atomic E-state index is -4.37. The van der Waals surface area contributed by atoms with Gasteiger partial charge < -0.3 is 0 Å². The SMILES string of the molecule is Cc1cc(-c2ccc(-c3ccccc3Br)cc2)ncc1-c1cccc(C(F)(F)F)c1. The molecular formula is C25H17BrF3N. The first-order valence-electron chi connectivity index (χ1n) is 9.32. The Bertz CT molecular complexity index is 1200. The minimum absolute atomic E-state index is 0.505. The summed E-state index contributed by atoms with van der Waals surface area (Å²) in [6, 6.07) is 23.3. The highest BCUT2D eigenvalue weighted by molar-refractivity contribution is 9.10. The van der Waals surface area contributed by atoms with Crippen molar-refractivity contribution in [1.29, 1.82) is 0 Å². The molecule has 5 heteroatoms. The van der Waals surface area contributed by atoms with Gasteiger partial charge >= 0.3 is 6.18 Å². The van der Waals surface area contributed by atoms with E-state index in [0.717, 1.165) is 44.6 Å². The molecule has 150 valence electrons. The van der Waals surface area contributed by atoms with E-state index in [1.54, 1.807) is 12.3 Å². The van der Waals surface area contributed by atoms with E-state index >= 15 is 0 Å². The van der Waals surface area contributed by atoms with Gasteiger partial charge in [0.15, 0.2) is 0 Å². The third-order valence-corrected chi connectivity index (χ3v) is 5.67. The van der Waals surface area contributed by atoms with Gasteiger partial charge in [-0.25, -0.2) is 0 Å². The fraction of sp³-hybridized carbons (Fsp3) is 0.0800. The van der Waals surface area contributed by atoms with Crippen molar-refractivity contribution >= 4 is 15.9 Å². The molecule has 0 aliphatic heterocycles. The summed E-state index contributed by atoms with van der Waals surface area (Å²) in [5, 5.41) is 0. The van der Waals surface area contributed by atoms with Gasteiger partial charge in [0.05, 0.1) is 11.3 Å². The molecule has 0 aliphatic rings. The Hall–Kier alpha value is -2.92. The van der Waals surface area contributed by atoms with Crippen molar-refractivity contribution in [2.45, 2.75) is 13.1 Å². The van der Waals surface area contributed by atoms with Gasteiger partial charge in [0, 0.05) is 21.8 Å². The van der Waals surface area contributed by atoms with Crippen LogP contribution in [0.4, 0.5) is 13.2 Å². The van der Waals surface area contributed by atoms with Crippen LogP contribution in [0.5, 0.6) is 0 Å². The Morgan fingerprint density at radius 1 is 0.733 bits per heavy atom. The highest BCUT2D eigenvalue weighted by atomic mass is 79.9. The van der Waals surface area contributed by atoms with E-state index in [1.165, 1.54) is 6.07 Å². The molecule has 0 saturated heterocycles. The van der Waals surface area contributed by atoms with Gasteiger partial charge in [-0.3, -0.25) is 4.98 Å². The number of hydrogen-bond acceptors (Lipinski definition) is 1. The summed E-state index contributed by atoms with van der Waals surface area (Å²) < 4.78 is 40.1. The summed E-state index contributed by atoms with van der Waals surface area (Å²) in [6.07, 6.45) is -2.73. The molecule has 4 aromatic rings. The molecule has 1 aromatic heterocycles. The highest BCUT2D eigenvalue weighted by Crippen LogP contribution is 2.34. The Morgan fingerprint density at radius 3 is 2.10 bits per heavy atom. The number of halogens is 4. The molecule has 3 aromatic carbocycles. The smallest absolute Gasteiger partial charge is 0.256 e. The summed E-state index contributed by atoms with van der Waals surface area (Å²) in [5.41, 5.74) is 5.32. The topological polar surface area (TPSA) is 12.9 Å². The van der Waals surface area contributed by atoms with Crippen LogP contribution in [0, 0.1) is 6.92 Å². The predicted octanol–water partition coefficient (Wildman–Crippen LogP) is 8.17. The van der Waals surface area contributed by atoms with Crippen LogP contribution in [0.1, 0.15) is 11.1 Å². The largest absolute Gasteiger partial charge is 0.416 e. The van der Waals surface area contributed by atoms with Crippen LogP contribution in [0.2, 0.25) is 0 Å². The van der Waals surface area contributed by atoms with Crippen molar-refractivity contribution in [3.8, 4) is 33.5 Å². The number of hydrogen-bond donors (Lipinski definition) is 0. The third-order valence-electron chi connectivity index (χ3n) is 4.98. The second-order valence-corrected chi connectivity index (χ2v) is 7.87. The maximum atomic E-state index is 13.0. The second-order valence-electron chi connectivity index (χ2n) is 7.02. The number of benzene rings is 3. The predicted molar refractivity (Wildman–Crippen MR) is 118 cm³/mol. The molecule has 0 bridgehead atoms. The number of rotatable bonds is 3. The number of aromatic nitrogens is 1. The molecule has 0 fully saturated rings. The first-order chi connectivity index (χ1) is 14.3. The number of alkyl halides is 3.